The minimum Gasteiger partial charge on any atom is -0.497 e. The first kappa shape index (κ1) is 17.5. The molecule has 0 aliphatic rings. The third-order valence-electron chi connectivity index (χ3n) is 3.44. The van der Waals surface area contributed by atoms with Gasteiger partial charge < -0.3 is 10.5 Å². The van der Waals surface area contributed by atoms with E-state index < -0.39 is 0 Å². The molecule has 0 radical (unpaired) electrons. The highest BCUT2D eigenvalue weighted by Gasteiger charge is 2.24. The number of hydrogen-bond donors (Lipinski definition) is 1. The SMILES string of the molecule is COc1cccc(C(C(C)N)N(CCC#N)CC(C)C)c1. The Hall–Kier alpha value is -1.57. The van der Waals surface area contributed by atoms with Gasteiger partial charge in [-0.25, -0.2) is 0 Å². The van der Waals surface area contributed by atoms with Gasteiger partial charge in [-0.3, -0.25) is 4.90 Å². The number of nitrogens with two attached hydrogens (primary N) is 1. The minimum absolute atomic E-state index is 0.0189. The maximum atomic E-state index is 8.89. The van der Waals surface area contributed by atoms with E-state index in [0.29, 0.717) is 12.3 Å². The summed E-state index contributed by atoms with van der Waals surface area (Å²) in [6, 6.07) is 10.3. The van der Waals surface area contributed by atoms with Crippen LogP contribution >= 0.6 is 0 Å². The maximum Gasteiger partial charge on any atom is 0.119 e. The third kappa shape index (κ3) is 5.37. The quantitative estimate of drug-likeness (QED) is 0.799. The summed E-state index contributed by atoms with van der Waals surface area (Å²) in [6.07, 6.45) is 0.514. The van der Waals surface area contributed by atoms with Crippen LogP contribution in [0.15, 0.2) is 24.3 Å². The van der Waals surface area contributed by atoms with Gasteiger partial charge in [0.15, 0.2) is 0 Å². The number of ether oxygens (including phenoxy) is 1. The fourth-order valence-electron chi connectivity index (χ4n) is 2.68. The fourth-order valence-corrected chi connectivity index (χ4v) is 2.68. The number of hydrogen-bond acceptors (Lipinski definition) is 4. The lowest BCUT2D eigenvalue weighted by Crippen LogP contribution is -2.41. The van der Waals surface area contributed by atoms with Gasteiger partial charge in [-0.15, -0.1) is 0 Å². The molecular weight excluding hydrogens is 262 g/mol. The van der Waals surface area contributed by atoms with Gasteiger partial charge >= 0.3 is 0 Å². The van der Waals surface area contributed by atoms with Crippen LogP contribution in [0.2, 0.25) is 0 Å². The zero-order valence-corrected chi connectivity index (χ0v) is 13.5. The molecule has 0 aliphatic carbocycles. The number of rotatable bonds is 8. The summed E-state index contributed by atoms with van der Waals surface area (Å²) in [6.45, 7) is 8.04. The van der Waals surface area contributed by atoms with Gasteiger partial charge in [-0.1, -0.05) is 26.0 Å². The molecule has 116 valence electrons. The van der Waals surface area contributed by atoms with Crippen molar-refractivity contribution in [2.45, 2.75) is 39.3 Å². The van der Waals surface area contributed by atoms with Crippen molar-refractivity contribution in [3.8, 4) is 11.8 Å². The molecule has 0 saturated carbocycles. The molecule has 0 spiro atoms. The summed E-state index contributed by atoms with van der Waals surface area (Å²) in [4.78, 5) is 2.31. The van der Waals surface area contributed by atoms with Crippen molar-refractivity contribution < 1.29 is 4.74 Å². The van der Waals surface area contributed by atoms with Gasteiger partial charge in [0.1, 0.15) is 5.75 Å². The van der Waals surface area contributed by atoms with Crippen LogP contribution in [-0.4, -0.2) is 31.1 Å². The summed E-state index contributed by atoms with van der Waals surface area (Å²) < 4.78 is 5.32. The van der Waals surface area contributed by atoms with E-state index in [9.17, 15) is 0 Å². The van der Waals surface area contributed by atoms with Gasteiger partial charge in [0, 0.05) is 31.6 Å². The normalized spacial score (nSPS) is 14.0. The smallest absolute Gasteiger partial charge is 0.119 e. The van der Waals surface area contributed by atoms with Crippen molar-refractivity contribution in [1.82, 2.24) is 4.90 Å². The topological polar surface area (TPSA) is 62.3 Å². The lowest BCUT2D eigenvalue weighted by molar-refractivity contribution is 0.160. The molecule has 1 rings (SSSR count). The Morgan fingerprint density at radius 3 is 2.57 bits per heavy atom. The Balaban J connectivity index is 3.07. The number of nitrogens with zero attached hydrogens (tertiary/aromatic N) is 2. The molecule has 0 bridgehead atoms. The van der Waals surface area contributed by atoms with Crippen LogP contribution < -0.4 is 10.5 Å². The molecule has 0 amide bonds. The number of methoxy groups -OCH3 is 1. The second-order valence-corrected chi connectivity index (χ2v) is 5.88. The van der Waals surface area contributed by atoms with Crippen molar-refractivity contribution >= 4 is 0 Å². The molecule has 2 N–H and O–H groups in total. The highest BCUT2D eigenvalue weighted by atomic mass is 16.5. The Labute approximate surface area is 128 Å². The standard InChI is InChI=1S/C17H27N3O/c1-13(2)12-20(10-6-9-18)17(14(3)19)15-7-5-8-16(11-15)21-4/h5,7-8,11,13-14,17H,6,10,12,19H2,1-4H3. The highest BCUT2D eigenvalue weighted by Crippen LogP contribution is 2.27. The van der Waals surface area contributed by atoms with Crippen LogP contribution in [0.4, 0.5) is 0 Å². The van der Waals surface area contributed by atoms with E-state index in [4.69, 9.17) is 15.7 Å². The molecule has 0 aromatic heterocycles. The van der Waals surface area contributed by atoms with E-state index >= 15 is 0 Å². The van der Waals surface area contributed by atoms with Gasteiger partial charge in [0.25, 0.3) is 0 Å². The number of nitriles is 1. The van der Waals surface area contributed by atoms with E-state index in [-0.39, 0.29) is 12.1 Å². The predicted molar refractivity (Wildman–Crippen MR) is 86.0 cm³/mol. The summed E-state index contributed by atoms with van der Waals surface area (Å²) in [7, 11) is 1.67. The van der Waals surface area contributed by atoms with E-state index in [1.807, 2.05) is 25.1 Å². The van der Waals surface area contributed by atoms with Crippen molar-refractivity contribution in [1.29, 1.82) is 5.26 Å². The maximum absolute atomic E-state index is 8.89. The average Bonchev–Trinajstić information content (AvgIpc) is 2.44. The van der Waals surface area contributed by atoms with Crippen LogP contribution in [0.25, 0.3) is 0 Å². The molecule has 21 heavy (non-hydrogen) atoms. The Morgan fingerprint density at radius 1 is 1.33 bits per heavy atom. The molecule has 1 aromatic carbocycles. The Kier molecular flexibility index (Phi) is 7.21. The summed E-state index contributed by atoms with van der Waals surface area (Å²) >= 11 is 0. The monoisotopic (exact) mass is 289 g/mol. The van der Waals surface area contributed by atoms with Crippen molar-refractivity contribution in [3.05, 3.63) is 29.8 Å². The molecule has 0 heterocycles. The first-order valence-corrected chi connectivity index (χ1v) is 7.50. The average molecular weight is 289 g/mol. The first-order valence-electron chi connectivity index (χ1n) is 7.50. The van der Waals surface area contributed by atoms with E-state index in [2.05, 4.69) is 30.9 Å². The van der Waals surface area contributed by atoms with Crippen molar-refractivity contribution in [3.63, 3.8) is 0 Å². The molecule has 4 heteroatoms. The third-order valence-corrected chi connectivity index (χ3v) is 3.44. The fraction of sp³-hybridized carbons (Fsp3) is 0.588. The molecular formula is C17H27N3O. The lowest BCUT2D eigenvalue weighted by Gasteiger charge is -2.35. The van der Waals surface area contributed by atoms with Crippen molar-refractivity contribution in [2.24, 2.45) is 11.7 Å². The molecule has 1 aromatic rings. The van der Waals surface area contributed by atoms with Crippen LogP contribution in [-0.2, 0) is 0 Å². The van der Waals surface area contributed by atoms with Crippen LogP contribution in [0, 0.1) is 17.2 Å². The first-order chi connectivity index (χ1) is 9.99. The van der Waals surface area contributed by atoms with E-state index in [0.717, 1.165) is 24.4 Å². The van der Waals surface area contributed by atoms with Gasteiger partial charge in [-0.2, -0.15) is 5.26 Å². The molecule has 2 unspecified atom stereocenters. The lowest BCUT2D eigenvalue weighted by atomic mass is 9.97. The Morgan fingerprint density at radius 2 is 2.05 bits per heavy atom. The summed E-state index contributed by atoms with van der Waals surface area (Å²) in [5.74, 6) is 1.36. The largest absolute Gasteiger partial charge is 0.497 e. The second-order valence-electron chi connectivity index (χ2n) is 5.88. The second kappa shape index (κ2) is 8.66. The van der Waals surface area contributed by atoms with Crippen LogP contribution in [0.3, 0.4) is 0 Å². The highest BCUT2D eigenvalue weighted by molar-refractivity contribution is 5.31. The number of benzene rings is 1. The minimum atomic E-state index is -0.0189. The molecule has 0 fully saturated rings. The molecule has 2 atom stereocenters. The molecule has 0 aliphatic heterocycles. The predicted octanol–water partition coefficient (Wildman–Crippen LogP) is 2.96. The van der Waals surface area contributed by atoms with Crippen LogP contribution in [0.5, 0.6) is 5.75 Å². The van der Waals surface area contributed by atoms with Gasteiger partial charge in [-0.05, 0) is 30.5 Å². The van der Waals surface area contributed by atoms with Crippen LogP contribution in [0.1, 0.15) is 38.8 Å². The molecule has 0 saturated heterocycles. The van der Waals surface area contributed by atoms with Gasteiger partial charge in [0.05, 0.1) is 13.2 Å². The van der Waals surface area contributed by atoms with E-state index in [1.165, 1.54) is 0 Å². The molecule has 4 nitrogen and oxygen atoms in total. The summed E-state index contributed by atoms with van der Waals surface area (Å²) in [5, 5.41) is 8.89. The van der Waals surface area contributed by atoms with Gasteiger partial charge in [0.2, 0.25) is 0 Å². The summed E-state index contributed by atoms with van der Waals surface area (Å²) in [5.41, 5.74) is 7.38. The zero-order valence-electron chi connectivity index (χ0n) is 13.5. The van der Waals surface area contributed by atoms with E-state index in [1.54, 1.807) is 7.11 Å². The zero-order chi connectivity index (χ0) is 15.8. The van der Waals surface area contributed by atoms with Crippen molar-refractivity contribution in [2.75, 3.05) is 20.2 Å². The Bertz CT molecular complexity index is 465.